The fourth-order valence-electron chi connectivity index (χ4n) is 2.14. The summed E-state index contributed by atoms with van der Waals surface area (Å²) in [7, 11) is 0. The summed E-state index contributed by atoms with van der Waals surface area (Å²) < 4.78 is 5.26. The van der Waals surface area contributed by atoms with Gasteiger partial charge in [-0.25, -0.2) is 4.98 Å². The molecule has 0 amide bonds. The van der Waals surface area contributed by atoms with Crippen molar-refractivity contribution in [3.05, 3.63) is 70.2 Å². The second-order valence-electron chi connectivity index (χ2n) is 4.70. The van der Waals surface area contributed by atoms with Gasteiger partial charge in [0.25, 0.3) is 0 Å². The third-order valence-electron chi connectivity index (χ3n) is 3.22. The summed E-state index contributed by atoms with van der Waals surface area (Å²) in [6.07, 6.45) is 3.74. The molecule has 3 nitrogen and oxygen atoms in total. The maximum absolute atomic E-state index is 6.21. The second-order valence-corrected chi connectivity index (χ2v) is 5.52. The number of nitrogens with zero attached hydrogens (tertiary/aromatic N) is 1. The molecule has 1 heterocycles. The van der Waals surface area contributed by atoms with Gasteiger partial charge in [0, 0.05) is 27.7 Å². The van der Waals surface area contributed by atoms with Gasteiger partial charge in [-0.15, -0.1) is 0 Å². The molecule has 3 aromatic rings. The number of halogens is 2. The second kappa shape index (κ2) is 5.80. The normalized spacial score (nSPS) is 10.8. The van der Waals surface area contributed by atoms with Crippen LogP contribution in [0.5, 0.6) is 0 Å². The maximum atomic E-state index is 6.21. The van der Waals surface area contributed by atoms with Crippen molar-refractivity contribution in [3.63, 3.8) is 0 Å². The molecule has 1 aromatic heterocycles. The summed E-state index contributed by atoms with van der Waals surface area (Å²) in [6.45, 7) is 0. The van der Waals surface area contributed by atoms with E-state index in [1.165, 1.54) is 6.39 Å². The Morgan fingerprint density at radius 3 is 2.29 bits per heavy atom. The largest absolute Gasteiger partial charge is 0.444 e. The van der Waals surface area contributed by atoms with E-state index in [0.717, 1.165) is 22.5 Å². The molecule has 0 spiro atoms. The van der Waals surface area contributed by atoms with Crippen molar-refractivity contribution in [2.45, 2.75) is 6.42 Å². The van der Waals surface area contributed by atoms with E-state index in [1.807, 2.05) is 24.3 Å². The van der Waals surface area contributed by atoms with Gasteiger partial charge in [0.1, 0.15) is 0 Å². The van der Waals surface area contributed by atoms with E-state index in [-0.39, 0.29) is 0 Å². The molecule has 5 heteroatoms. The minimum atomic E-state index is 0.564. The Kier molecular flexibility index (Phi) is 3.86. The van der Waals surface area contributed by atoms with Crippen molar-refractivity contribution in [3.8, 4) is 11.3 Å². The minimum absolute atomic E-state index is 0.564. The highest BCUT2D eigenvalue weighted by Crippen LogP contribution is 2.30. The lowest BCUT2D eigenvalue weighted by molar-refractivity contribution is 0.572. The molecule has 3 rings (SSSR count). The summed E-state index contributed by atoms with van der Waals surface area (Å²) in [6, 6.07) is 11.4. The maximum Gasteiger partial charge on any atom is 0.181 e. The van der Waals surface area contributed by atoms with E-state index in [1.54, 1.807) is 18.3 Å². The van der Waals surface area contributed by atoms with E-state index in [0.29, 0.717) is 22.2 Å². The number of aromatic nitrogens is 1. The molecule has 0 aliphatic rings. The zero-order valence-corrected chi connectivity index (χ0v) is 12.5. The van der Waals surface area contributed by atoms with Crippen LogP contribution >= 0.6 is 23.2 Å². The number of nitrogens with two attached hydrogens (primary N) is 1. The first-order valence-electron chi connectivity index (χ1n) is 6.34. The van der Waals surface area contributed by atoms with E-state index in [9.17, 15) is 0 Å². The van der Waals surface area contributed by atoms with Gasteiger partial charge >= 0.3 is 0 Å². The van der Waals surface area contributed by atoms with E-state index >= 15 is 0 Å². The Balaban J connectivity index is 1.86. The number of oxazole rings is 1. The Morgan fingerprint density at radius 2 is 1.71 bits per heavy atom. The van der Waals surface area contributed by atoms with Gasteiger partial charge < -0.3 is 10.2 Å². The van der Waals surface area contributed by atoms with Crippen molar-refractivity contribution in [1.82, 2.24) is 4.98 Å². The van der Waals surface area contributed by atoms with E-state index < -0.39 is 0 Å². The fraction of sp³-hybridized carbons (Fsp3) is 0.0625. The Bertz CT molecular complexity index is 729. The van der Waals surface area contributed by atoms with Gasteiger partial charge in [-0.1, -0.05) is 47.5 Å². The van der Waals surface area contributed by atoms with Gasteiger partial charge in [-0.2, -0.15) is 0 Å². The number of hydrogen-bond acceptors (Lipinski definition) is 3. The number of anilines is 1. The summed E-state index contributed by atoms with van der Waals surface area (Å²) in [5.74, 6) is 0.741. The van der Waals surface area contributed by atoms with E-state index in [4.69, 9.17) is 33.4 Å². The van der Waals surface area contributed by atoms with Crippen LogP contribution in [0.4, 0.5) is 5.69 Å². The van der Waals surface area contributed by atoms with Crippen LogP contribution in [0.15, 0.2) is 53.4 Å². The van der Waals surface area contributed by atoms with Crippen LogP contribution in [0.25, 0.3) is 11.3 Å². The third kappa shape index (κ3) is 3.04. The lowest BCUT2D eigenvalue weighted by Gasteiger charge is -2.09. The number of nitrogen functional groups attached to an aromatic ring is 1. The number of benzene rings is 2. The lowest BCUT2D eigenvalue weighted by Crippen LogP contribution is -1.94. The zero-order chi connectivity index (χ0) is 14.8. The predicted octanol–water partition coefficient (Wildman–Crippen LogP) is 4.82. The molecule has 0 bridgehead atoms. The monoisotopic (exact) mass is 318 g/mol. The molecule has 0 saturated heterocycles. The van der Waals surface area contributed by atoms with Crippen LogP contribution in [-0.2, 0) is 6.42 Å². The van der Waals surface area contributed by atoms with Crippen LogP contribution in [-0.4, -0.2) is 4.98 Å². The molecular formula is C16H12Cl2N2O. The molecule has 2 aromatic carbocycles. The first-order chi connectivity index (χ1) is 10.1. The highest BCUT2D eigenvalue weighted by molar-refractivity contribution is 6.36. The lowest BCUT2D eigenvalue weighted by atomic mass is 10.0. The molecule has 0 radical (unpaired) electrons. The highest BCUT2D eigenvalue weighted by Gasteiger charge is 2.09. The average Bonchev–Trinajstić information content (AvgIpc) is 2.97. The van der Waals surface area contributed by atoms with Crippen LogP contribution in [0.1, 0.15) is 11.1 Å². The quantitative estimate of drug-likeness (QED) is 0.704. The summed E-state index contributed by atoms with van der Waals surface area (Å²) >= 11 is 12.4. The molecule has 2 N–H and O–H groups in total. The van der Waals surface area contributed by atoms with Crippen LogP contribution < -0.4 is 5.73 Å². The van der Waals surface area contributed by atoms with Crippen molar-refractivity contribution in [2.75, 3.05) is 5.73 Å². The minimum Gasteiger partial charge on any atom is -0.444 e. The molecule has 106 valence electrons. The van der Waals surface area contributed by atoms with Gasteiger partial charge in [0.15, 0.2) is 12.2 Å². The van der Waals surface area contributed by atoms with Crippen molar-refractivity contribution < 1.29 is 4.42 Å². The standard InChI is InChI=1S/C16H12Cl2N2O/c17-14-6-12(19)7-15(18)13(14)5-10-1-3-11(4-2-10)16-8-20-9-21-16/h1-4,6-9H,5,19H2. The fourth-order valence-corrected chi connectivity index (χ4v) is 2.78. The van der Waals surface area contributed by atoms with E-state index in [2.05, 4.69) is 4.98 Å². The molecule has 21 heavy (non-hydrogen) atoms. The first kappa shape index (κ1) is 14.0. The molecule has 0 saturated carbocycles. The molecular weight excluding hydrogens is 307 g/mol. The van der Waals surface area contributed by atoms with Crippen LogP contribution in [0.2, 0.25) is 10.0 Å². The summed E-state index contributed by atoms with van der Waals surface area (Å²) in [4.78, 5) is 3.91. The molecule has 0 aliphatic carbocycles. The van der Waals surface area contributed by atoms with Gasteiger partial charge in [0.2, 0.25) is 0 Å². The Hall–Kier alpha value is -1.97. The van der Waals surface area contributed by atoms with Crippen molar-refractivity contribution in [2.24, 2.45) is 0 Å². The predicted molar refractivity (Wildman–Crippen MR) is 85.6 cm³/mol. The molecule has 0 unspecified atom stereocenters. The molecule has 0 aliphatic heterocycles. The van der Waals surface area contributed by atoms with Crippen molar-refractivity contribution in [1.29, 1.82) is 0 Å². The third-order valence-corrected chi connectivity index (χ3v) is 3.89. The highest BCUT2D eigenvalue weighted by atomic mass is 35.5. The van der Waals surface area contributed by atoms with Gasteiger partial charge in [0.05, 0.1) is 6.20 Å². The zero-order valence-electron chi connectivity index (χ0n) is 11.0. The van der Waals surface area contributed by atoms with Gasteiger partial charge in [-0.05, 0) is 23.3 Å². The van der Waals surface area contributed by atoms with Gasteiger partial charge in [-0.3, -0.25) is 0 Å². The summed E-state index contributed by atoms with van der Waals surface area (Å²) in [5.41, 5.74) is 9.23. The topological polar surface area (TPSA) is 52.0 Å². The molecule has 0 atom stereocenters. The Labute approximate surface area is 132 Å². The molecule has 0 fully saturated rings. The summed E-state index contributed by atoms with van der Waals surface area (Å²) in [5, 5.41) is 1.17. The van der Waals surface area contributed by atoms with Crippen LogP contribution in [0.3, 0.4) is 0 Å². The SMILES string of the molecule is Nc1cc(Cl)c(Cc2ccc(-c3cnco3)cc2)c(Cl)c1. The first-order valence-corrected chi connectivity index (χ1v) is 7.10. The number of rotatable bonds is 3. The van der Waals surface area contributed by atoms with Crippen LogP contribution in [0, 0.1) is 0 Å². The average molecular weight is 319 g/mol. The Morgan fingerprint density at radius 1 is 1.05 bits per heavy atom. The number of hydrogen-bond donors (Lipinski definition) is 1. The van der Waals surface area contributed by atoms with Crippen molar-refractivity contribution >= 4 is 28.9 Å². The smallest absolute Gasteiger partial charge is 0.181 e.